The van der Waals surface area contributed by atoms with Crippen molar-refractivity contribution in [3.63, 3.8) is 0 Å². The fourth-order valence-corrected chi connectivity index (χ4v) is 0.992. The summed E-state index contributed by atoms with van der Waals surface area (Å²) in [5.41, 5.74) is 1.11. The van der Waals surface area contributed by atoms with Crippen LogP contribution in [0.2, 0.25) is 0 Å². The normalized spacial score (nSPS) is 9.07. The quantitative estimate of drug-likeness (QED) is 0.870. The molecule has 4 heteroatoms. The van der Waals surface area contributed by atoms with Gasteiger partial charge in [-0.2, -0.15) is 0 Å². The summed E-state index contributed by atoms with van der Waals surface area (Å²) in [6, 6.07) is 5.98. The summed E-state index contributed by atoms with van der Waals surface area (Å²) in [7, 11) is 0. The molecule has 0 aliphatic heterocycles. The standard InChI is InChI=1S/C10H16N2.2ClH/c1-9(2)7-11-8-10-5-3-4-6-12-10;;/h3-6,9,11H,7-8H2,1-2H3;2*1H. The van der Waals surface area contributed by atoms with Crippen LogP contribution in [-0.2, 0) is 6.54 Å². The first kappa shape index (κ1) is 16.1. The molecule has 0 fully saturated rings. The lowest BCUT2D eigenvalue weighted by molar-refractivity contribution is 0.548. The maximum absolute atomic E-state index is 4.21. The van der Waals surface area contributed by atoms with Gasteiger partial charge in [0.1, 0.15) is 0 Å². The molecule has 1 heterocycles. The highest BCUT2D eigenvalue weighted by atomic mass is 35.5. The van der Waals surface area contributed by atoms with E-state index in [0.29, 0.717) is 5.92 Å². The first-order valence-corrected chi connectivity index (χ1v) is 4.39. The molecule has 0 unspecified atom stereocenters. The molecule has 14 heavy (non-hydrogen) atoms. The first-order chi connectivity index (χ1) is 5.79. The monoisotopic (exact) mass is 236 g/mol. The van der Waals surface area contributed by atoms with Crippen molar-refractivity contribution in [2.24, 2.45) is 5.92 Å². The SMILES string of the molecule is CC(C)CNCc1ccccn1.Cl.Cl. The highest BCUT2D eigenvalue weighted by Crippen LogP contribution is 1.93. The summed E-state index contributed by atoms with van der Waals surface area (Å²) in [4.78, 5) is 4.21. The number of nitrogens with one attached hydrogen (secondary N) is 1. The van der Waals surface area contributed by atoms with Crippen molar-refractivity contribution >= 4 is 24.8 Å². The summed E-state index contributed by atoms with van der Waals surface area (Å²) in [5.74, 6) is 0.703. The van der Waals surface area contributed by atoms with E-state index in [1.54, 1.807) is 0 Å². The van der Waals surface area contributed by atoms with Crippen LogP contribution in [-0.4, -0.2) is 11.5 Å². The van der Waals surface area contributed by atoms with Gasteiger partial charge in [-0.3, -0.25) is 4.98 Å². The molecule has 0 atom stereocenters. The number of pyridine rings is 1. The number of rotatable bonds is 4. The summed E-state index contributed by atoms with van der Waals surface area (Å²) in [5, 5.41) is 3.34. The molecule has 0 aromatic carbocycles. The maximum atomic E-state index is 4.21. The molecule has 0 bridgehead atoms. The summed E-state index contributed by atoms with van der Waals surface area (Å²) in [6.45, 7) is 6.33. The Morgan fingerprint density at radius 1 is 1.29 bits per heavy atom. The fourth-order valence-electron chi connectivity index (χ4n) is 0.992. The van der Waals surface area contributed by atoms with Crippen LogP contribution in [0.5, 0.6) is 0 Å². The van der Waals surface area contributed by atoms with Crippen LogP contribution in [0.15, 0.2) is 24.4 Å². The third-order valence-corrected chi connectivity index (χ3v) is 1.58. The number of aromatic nitrogens is 1. The second kappa shape index (κ2) is 9.25. The molecule has 1 rings (SSSR count). The lowest BCUT2D eigenvalue weighted by atomic mass is 10.2. The lowest BCUT2D eigenvalue weighted by Gasteiger charge is -2.05. The minimum atomic E-state index is 0. The van der Waals surface area contributed by atoms with E-state index in [1.807, 2.05) is 24.4 Å². The van der Waals surface area contributed by atoms with Crippen LogP contribution in [0, 0.1) is 5.92 Å². The molecule has 1 aromatic heterocycles. The lowest BCUT2D eigenvalue weighted by Crippen LogP contribution is -2.19. The molecule has 0 saturated carbocycles. The Balaban J connectivity index is 0. The first-order valence-electron chi connectivity index (χ1n) is 4.39. The van der Waals surface area contributed by atoms with Crippen molar-refractivity contribution in [2.75, 3.05) is 6.54 Å². The van der Waals surface area contributed by atoms with E-state index in [4.69, 9.17) is 0 Å². The molecule has 1 aromatic rings. The molecule has 0 aliphatic rings. The van der Waals surface area contributed by atoms with Crippen molar-refractivity contribution in [3.05, 3.63) is 30.1 Å². The minimum Gasteiger partial charge on any atom is -0.311 e. The van der Waals surface area contributed by atoms with Gasteiger partial charge in [-0.05, 0) is 24.6 Å². The Labute approximate surface area is 98.3 Å². The van der Waals surface area contributed by atoms with E-state index < -0.39 is 0 Å². The van der Waals surface area contributed by atoms with Crippen molar-refractivity contribution in [2.45, 2.75) is 20.4 Å². The Morgan fingerprint density at radius 2 is 2.00 bits per heavy atom. The van der Waals surface area contributed by atoms with Gasteiger partial charge in [0.2, 0.25) is 0 Å². The van der Waals surface area contributed by atoms with Gasteiger partial charge in [-0.25, -0.2) is 0 Å². The van der Waals surface area contributed by atoms with Crippen LogP contribution < -0.4 is 5.32 Å². The van der Waals surface area contributed by atoms with E-state index in [-0.39, 0.29) is 24.8 Å². The summed E-state index contributed by atoms with van der Waals surface area (Å²) < 4.78 is 0. The van der Waals surface area contributed by atoms with Crippen LogP contribution in [0.4, 0.5) is 0 Å². The Hall–Kier alpha value is -0.310. The topological polar surface area (TPSA) is 24.9 Å². The largest absolute Gasteiger partial charge is 0.311 e. The van der Waals surface area contributed by atoms with Crippen LogP contribution >= 0.6 is 24.8 Å². The molecule has 1 N–H and O–H groups in total. The Bertz CT molecular complexity index is 215. The van der Waals surface area contributed by atoms with Crippen molar-refractivity contribution in [3.8, 4) is 0 Å². The smallest absolute Gasteiger partial charge is 0.0541 e. The van der Waals surface area contributed by atoms with E-state index in [2.05, 4.69) is 24.1 Å². The van der Waals surface area contributed by atoms with Gasteiger partial charge in [0.15, 0.2) is 0 Å². The van der Waals surface area contributed by atoms with Gasteiger partial charge in [-0.15, -0.1) is 24.8 Å². The third kappa shape index (κ3) is 7.13. The van der Waals surface area contributed by atoms with Gasteiger partial charge < -0.3 is 5.32 Å². The van der Waals surface area contributed by atoms with E-state index in [9.17, 15) is 0 Å². The molecule has 0 saturated heterocycles. The average Bonchev–Trinajstić information content (AvgIpc) is 2.05. The molecule has 0 spiro atoms. The predicted octanol–water partition coefficient (Wildman–Crippen LogP) is 2.67. The fraction of sp³-hybridized carbons (Fsp3) is 0.500. The molecular formula is C10H18Cl2N2. The molecule has 2 nitrogen and oxygen atoms in total. The Kier molecular flexibility index (Phi) is 10.7. The number of hydrogen-bond acceptors (Lipinski definition) is 2. The number of nitrogens with zero attached hydrogens (tertiary/aromatic N) is 1. The number of halogens is 2. The van der Waals surface area contributed by atoms with Crippen LogP contribution in [0.3, 0.4) is 0 Å². The van der Waals surface area contributed by atoms with Crippen molar-refractivity contribution in [1.29, 1.82) is 0 Å². The van der Waals surface area contributed by atoms with Crippen LogP contribution in [0.25, 0.3) is 0 Å². The highest BCUT2D eigenvalue weighted by molar-refractivity contribution is 5.85. The molecule has 82 valence electrons. The second-order valence-corrected chi connectivity index (χ2v) is 3.35. The Morgan fingerprint density at radius 3 is 2.50 bits per heavy atom. The predicted molar refractivity (Wildman–Crippen MR) is 65.3 cm³/mol. The molecule has 0 radical (unpaired) electrons. The van der Waals surface area contributed by atoms with Gasteiger partial charge in [0.05, 0.1) is 5.69 Å². The zero-order chi connectivity index (χ0) is 8.81. The summed E-state index contributed by atoms with van der Waals surface area (Å²) in [6.07, 6.45) is 1.83. The van der Waals surface area contributed by atoms with E-state index in [0.717, 1.165) is 18.8 Å². The highest BCUT2D eigenvalue weighted by Gasteiger charge is 1.94. The average molecular weight is 237 g/mol. The maximum Gasteiger partial charge on any atom is 0.0541 e. The van der Waals surface area contributed by atoms with Gasteiger partial charge >= 0.3 is 0 Å². The van der Waals surface area contributed by atoms with Gasteiger partial charge in [-0.1, -0.05) is 19.9 Å². The van der Waals surface area contributed by atoms with Crippen LogP contribution in [0.1, 0.15) is 19.5 Å². The molecule has 0 amide bonds. The van der Waals surface area contributed by atoms with Gasteiger partial charge in [0.25, 0.3) is 0 Å². The van der Waals surface area contributed by atoms with E-state index in [1.165, 1.54) is 0 Å². The third-order valence-electron chi connectivity index (χ3n) is 1.58. The molecular weight excluding hydrogens is 219 g/mol. The second-order valence-electron chi connectivity index (χ2n) is 3.35. The van der Waals surface area contributed by atoms with Crippen molar-refractivity contribution in [1.82, 2.24) is 10.3 Å². The zero-order valence-corrected chi connectivity index (χ0v) is 10.2. The van der Waals surface area contributed by atoms with E-state index >= 15 is 0 Å². The minimum absolute atomic E-state index is 0. The van der Waals surface area contributed by atoms with Crippen molar-refractivity contribution < 1.29 is 0 Å². The number of hydrogen-bond donors (Lipinski definition) is 1. The van der Waals surface area contributed by atoms with Gasteiger partial charge in [0, 0.05) is 12.7 Å². The zero-order valence-electron chi connectivity index (χ0n) is 8.56. The summed E-state index contributed by atoms with van der Waals surface area (Å²) >= 11 is 0. The molecule has 0 aliphatic carbocycles.